The van der Waals surface area contributed by atoms with Gasteiger partial charge in [-0.2, -0.15) is 0 Å². The van der Waals surface area contributed by atoms with Gasteiger partial charge in [0, 0.05) is 7.11 Å². The number of ether oxygens (including phenoxy) is 1. The summed E-state index contributed by atoms with van der Waals surface area (Å²) in [4.78, 5) is 19.6. The minimum atomic E-state index is -0.104. The number of aliphatic imine (C=N–C) groups is 1. The van der Waals surface area contributed by atoms with Crippen molar-refractivity contribution in [3.63, 3.8) is 0 Å². The van der Waals surface area contributed by atoms with Gasteiger partial charge in [0.2, 0.25) is 0 Å². The fraction of sp³-hybridized carbons (Fsp3) is 0.158. The summed E-state index contributed by atoms with van der Waals surface area (Å²) in [5, 5.41) is 1.56. The van der Waals surface area contributed by atoms with Gasteiger partial charge in [-0.1, -0.05) is 47.5 Å². The molecule has 1 saturated heterocycles. The maximum absolute atomic E-state index is 12.8. The molecule has 7 heteroatoms. The third-order valence-corrected chi connectivity index (χ3v) is 5.38. The van der Waals surface area contributed by atoms with Crippen LogP contribution in [0.5, 0.6) is 0 Å². The van der Waals surface area contributed by atoms with Crippen LogP contribution in [0.15, 0.2) is 58.4 Å². The molecule has 1 heterocycles. The Morgan fingerprint density at radius 2 is 1.92 bits per heavy atom. The van der Waals surface area contributed by atoms with Crippen molar-refractivity contribution in [2.24, 2.45) is 4.99 Å². The van der Waals surface area contributed by atoms with Crippen LogP contribution in [0.3, 0.4) is 0 Å². The van der Waals surface area contributed by atoms with E-state index < -0.39 is 0 Å². The Balaban J connectivity index is 1.93. The van der Waals surface area contributed by atoms with Gasteiger partial charge in [0.1, 0.15) is 0 Å². The number of amides is 1. The molecule has 1 amide bonds. The number of hydrogen-bond donors (Lipinski definition) is 0. The molecule has 0 spiro atoms. The highest BCUT2D eigenvalue weighted by Gasteiger charge is 2.33. The Hall–Kier alpha value is -1.79. The van der Waals surface area contributed by atoms with E-state index in [1.54, 1.807) is 30.2 Å². The highest BCUT2D eigenvalue weighted by atomic mass is 35.5. The lowest BCUT2D eigenvalue weighted by atomic mass is 10.2. The number of carbonyl (C=O) groups excluding carboxylic acids is 1. The van der Waals surface area contributed by atoms with E-state index in [1.807, 2.05) is 36.4 Å². The monoisotopic (exact) mass is 406 g/mol. The number of nitrogens with zero attached hydrogens (tertiary/aromatic N) is 2. The number of carbonyl (C=O) groups is 1. The summed E-state index contributed by atoms with van der Waals surface area (Å²) in [6, 6.07) is 14.8. The molecule has 1 aliphatic rings. The summed E-state index contributed by atoms with van der Waals surface area (Å²) < 4.78 is 5.12. The molecule has 0 atom stereocenters. The van der Waals surface area contributed by atoms with Gasteiger partial charge < -0.3 is 4.74 Å². The number of thioether (sulfide) groups is 1. The van der Waals surface area contributed by atoms with Crippen molar-refractivity contribution in [2.45, 2.75) is 0 Å². The molecule has 0 radical (unpaired) electrons. The van der Waals surface area contributed by atoms with Crippen molar-refractivity contribution < 1.29 is 9.53 Å². The highest BCUT2D eigenvalue weighted by molar-refractivity contribution is 8.18. The van der Waals surface area contributed by atoms with Gasteiger partial charge >= 0.3 is 0 Å². The molecule has 2 aromatic carbocycles. The molecule has 2 aromatic rings. The predicted molar refractivity (Wildman–Crippen MR) is 109 cm³/mol. The quantitative estimate of drug-likeness (QED) is 0.637. The minimum absolute atomic E-state index is 0.104. The second-order valence-electron chi connectivity index (χ2n) is 5.46. The Bertz CT molecular complexity index is 869. The maximum atomic E-state index is 12.8. The van der Waals surface area contributed by atoms with E-state index in [4.69, 9.17) is 27.9 Å². The lowest BCUT2D eigenvalue weighted by Crippen LogP contribution is -2.32. The van der Waals surface area contributed by atoms with Crippen LogP contribution in [0, 0.1) is 0 Å². The summed E-state index contributed by atoms with van der Waals surface area (Å²) in [7, 11) is 1.61. The molecular weight excluding hydrogens is 391 g/mol. The topological polar surface area (TPSA) is 41.9 Å². The van der Waals surface area contributed by atoms with Crippen molar-refractivity contribution in [1.82, 2.24) is 4.90 Å². The number of halogens is 2. The molecule has 26 heavy (non-hydrogen) atoms. The Labute approximate surface area is 166 Å². The largest absolute Gasteiger partial charge is 0.383 e. The van der Waals surface area contributed by atoms with Crippen molar-refractivity contribution in [1.29, 1.82) is 0 Å². The minimum Gasteiger partial charge on any atom is -0.383 e. The van der Waals surface area contributed by atoms with Gasteiger partial charge in [0.15, 0.2) is 5.17 Å². The molecule has 1 aliphatic heterocycles. The third-order valence-electron chi connectivity index (χ3n) is 3.63. The number of methoxy groups -OCH3 is 1. The number of benzene rings is 2. The van der Waals surface area contributed by atoms with E-state index >= 15 is 0 Å². The van der Waals surface area contributed by atoms with Crippen molar-refractivity contribution in [2.75, 3.05) is 20.3 Å². The van der Waals surface area contributed by atoms with Gasteiger partial charge in [-0.25, -0.2) is 4.99 Å². The van der Waals surface area contributed by atoms with E-state index in [-0.39, 0.29) is 5.91 Å². The van der Waals surface area contributed by atoms with Crippen LogP contribution in [0.25, 0.3) is 6.08 Å². The van der Waals surface area contributed by atoms with Gasteiger partial charge in [-0.3, -0.25) is 9.69 Å². The van der Waals surface area contributed by atoms with Gasteiger partial charge in [0.05, 0.1) is 33.8 Å². The van der Waals surface area contributed by atoms with E-state index in [0.717, 1.165) is 11.3 Å². The zero-order valence-corrected chi connectivity index (χ0v) is 16.3. The molecule has 0 aliphatic carbocycles. The summed E-state index contributed by atoms with van der Waals surface area (Å²) in [6.45, 7) is 0.868. The van der Waals surface area contributed by atoms with Gasteiger partial charge in [-0.05, 0) is 47.7 Å². The predicted octanol–water partition coefficient (Wildman–Crippen LogP) is 5.24. The standard InChI is InChI=1S/C19H16Cl2N2O2S/c1-25-10-9-23-18(24)17(12-13-7-8-15(20)16(21)11-13)26-19(23)22-14-5-3-2-4-6-14/h2-8,11-12H,9-10H2,1H3. The molecule has 0 saturated carbocycles. The molecule has 1 fully saturated rings. The normalized spacial score (nSPS) is 17.5. The fourth-order valence-corrected chi connectivity index (χ4v) is 3.67. The first kappa shape index (κ1) is 19.0. The van der Waals surface area contributed by atoms with Crippen molar-refractivity contribution in [3.8, 4) is 0 Å². The molecule has 4 nitrogen and oxygen atoms in total. The van der Waals surface area contributed by atoms with Crippen molar-refractivity contribution in [3.05, 3.63) is 69.0 Å². The number of amidine groups is 1. The van der Waals surface area contributed by atoms with Crippen LogP contribution < -0.4 is 0 Å². The lowest BCUT2D eigenvalue weighted by molar-refractivity contribution is -0.122. The third kappa shape index (κ3) is 4.48. The van der Waals surface area contributed by atoms with Gasteiger partial charge in [-0.15, -0.1) is 0 Å². The zero-order chi connectivity index (χ0) is 18.5. The molecular formula is C19H16Cl2N2O2S. The molecule has 0 aromatic heterocycles. The number of para-hydroxylation sites is 1. The average molecular weight is 407 g/mol. The maximum Gasteiger partial charge on any atom is 0.266 e. The highest BCUT2D eigenvalue weighted by Crippen LogP contribution is 2.34. The van der Waals surface area contributed by atoms with Crippen molar-refractivity contribution >= 4 is 57.8 Å². The first-order valence-corrected chi connectivity index (χ1v) is 9.45. The fourth-order valence-electron chi connectivity index (χ4n) is 2.34. The first-order chi connectivity index (χ1) is 12.6. The molecule has 0 N–H and O–H groups in total. The molecule has 0 bridgehead atoms. The average Bonchev–Trinajstić information content (AvgIpc) is 2.92. The number of rotatable bonds is 5. The van der Waals surface area contributed by atoms with Crippen LogP contribution >= 0.6 is 35.0 Å². The summed E-state index contributed by atoms with van der Waals surface area (Å²) in [6.07, 6.45) is 1.79. The molecule has 0 unspecified atom stereocenters. The molecule has 3 rings (SSSR count). The molecule has 134 valence electrons. The second-order valence-corrected chi connectivity index (χ2v) is 7.29. The summed E-state index contributed by atoms with van der Waals surface area (Å²) in [5.41, 5.74) is 1.60. The Morgan fingerprint density at radius 3 is 2.62 bits per heavy atom. The van der Waals surface area contributed by atoms with Crippen LogP contribution in [-0.2, 0) is 9.53 Å². The van der Waals surface area contributed by atoms with E-state index in [0.29, 0.717) is 33.3 Å². The Kier molecular flexibility index (Phi) is 6.38. The summed E-state index contributed by atoms with van der Waals surface area (Å²) >= 11 is 13.4. The first-order valence-electron chi connectivity index (χ1n) is 7.87. The van der Waals surface area contributed by atoms with Crippen LogP contribution in [-0.4, -0.2) is 36.2 Å². The zero-order valence-electron chi connectivity index (χ0n) is 14.0. The van der Waals surface area contributed by atoms with E-state index in [2.05, 4.69) is 4.99 Å². The van der Waals surface area contributed by atoms with Crippen LogP contribution in [0.4, 0.5) is 5.69 Å². The van der Waals surface area contributed by atoms with Gasteiger partial charge in [0.25, 0.3) is 5.91 Å². The van der Waals surface area contributed by atoms with Crippen LogP contribution in [0.2, 0.25) is 10.0 Å². The smallest absolute Gasteiger partial charge is 0.266 e. The lowest BCUT2D eigenvalue weighted by Gasteiger charge is -2.14. The van der Waals surface area contributed by atoms with Crippen LogP contribution in [0.1, 0.15) is 5.56 Å². The second kappa shape index (κ2) is 8.73. The van der Waals surface area contributed by atoms with E-state index in [9.17, 15) is 4.79 Å². The SMILES string of the molecule is COCCN1C(=O)C(=Cc2ccc(Cl)c(Cl)c2)SC1=Nc1ccccc1. The number of hydrogen-bond acceptors (Lipinski definition) is 4. The Morgan fingerprint density at radius 1 is 1.15 bits per heavy atom. The van der Waals surface area contributed by atoms with E-state index in [1.165, 1.54) is 11.8 Å². The summed E-state index contributed by atoms with van der Waals surface area (Å²) in [5.74, 6) is -0.104.